The lowest BCUT2D eigenvalue weighted by Gasteiger charge is -2.16. The molecule has 1 N–H and O–H groups in total. The van der Waals surface area contributed by atoms with Crippen LogP contribution < -0.4 is 10.1 Å². The summed E-state index contributed by atoms with van der Waals surface area (Å²) in [7, 11) is 0. The molecule has 0 spiro atoms. The zero-order valence-electron chi connectivity index (χ0n) is 12.0. The Balaban J connectivity index is 1.87. The molecule has 0 bridgehead atoms. The minimum Gasteiger partial charge on any atom is -0.493 e. The van der Waals surface area contributed by atoms with Crippen LogP contribution in [-0.2, 0) is 12.8 Å². The second-order valence-corrected chi connectivity index (χ2v) is 5.25. The second kappa shape index (κ2) is 7.34. The van der Waals surface area contributed by atoms with Crippen molar-refractivity contribution in [3.05, 3.63) is 42.0 Å². The van der Waals surface area contributed by atoms with Crippen molar-refractivity contribution in [1.82, 2.24) is 5.32 Å². The molecule has 2 nitrogen and oxygen atoms in total. The molecule has 1 aromatic rings. The van der Waals surface area contributed by atoms with Gasteiger partial charge in [0.1, 0.15) is 5.75 Å². The van der Waals surface area contributed by atoms with Crippen LogP contribution in [0, 0.1) is 0 Å². The van der Waals surface area contributed by atoms with E-state index in [1.807, 2.05) is 6.08 Å². The summed E-state index contributed by atoms with van der Waals surface area (Å²) in [5.41, 5.74) is 2.80. The maximum atomic E-state index is 5.55. The van der Waals surface area contributed by atoms with Gasteiger partial charge in [0, 0.05) is 12.5 Å². The first-order valence-corrected chi connectivity index (χ1v) is 7.42. The molecule has 0 amide bonds. The third-order valence-corrected chi connectivity index (χ3v) is 3.67. The van der Waals surface area contributed by atoms with Crippen LogP contribution in [0.5, 0.6) is 5.75 Å². The molecule has 2 rings (SSSR count). The van der Waals surface area contributed by atoms with Gasteiger partial charge in [0.25, 0.3) is 0 Å². The van der Waals surface area contributed by atoms with Gasteiger partial charge in [-0.3, -0.25) is 0 Å². The maximum absolute atomic E-state index is 5.55. The molecule has 1 atom stereocenters. The van der Waals surface area contributed by atoms with Gasteiger partial charge in [-0.1, -0.05) is 25.1 Å². The van der Waals surface area contributed by atoms with Crippen molar-refractivity contribution >= 4 is 0 Å². The number of hydrogen-bond acceptors (Lipinski definition) is 2. The highest BCUT2D eigenvalue weighted by Crippen LogP contribution is 2.26. The summed E-state index contributed by atoms with van der Waals surface area (Å²) >= 11 is 0. The molecular weight excluding hydrogens is 234 g/mol. The number of nitrogens with one attached hydrogen (secondary N) is 1. The zero-order chi connectivity index (χ0) is 13.5. The lowest BCUT2D eigenvalue weighted by molar-refractivity contribution is 0.357. The summed E-state index contributed by atoms with van der Waals surface area (Å²) in [5.74, 6) is 1.08. The number of benzene rings is 1. The summed E-state index contributed by atoms with van der Waals surface area (Å²) in [5, 5.41) is 3.60. The number of rotatable bonds is 8. The fourth-order valence-corrected chi connectivity index (χ4v) is 2.59. The Labute approximate surface area is 116 Å². The zero-order valence-corrected chi connectivity index (χ0v) is 12.0. The Hall–Kier alpha value is -1.28. The summed E-state index contributed by atoms with van der Waals surface area (Å²) in [6, 6.07) is 7.20. The van der Waals surface area contributed by atoms with Crippen LogP contribution in [0.1, 0.15) is 37.3 Å². The number of hydrogen-bond donors (Lipinski definition) is 1. The van der Waals surface area contributed by atoms with Crippen molar-refractivity contribution in [2.75, 3.05) is 13.2 Å². The fourth-order valence-electron chi connectivity index (χ4n) is 2.59. The molecule has 1 heterocycles. The van der Waals surface area contributed by atoms with E-state index in [0.717, 1.165) is 38.2 Å². The van der Waals surface area contributed by atoms with Gasteiger partial charge in [-0.2, -0.15) is 0 Å². The topological polar surface area (TPSA) is 21.3 Å². The summed E-state index contributed by atoms with van der Waals surface area (Å²) in [6.45, 7) is 8.00. The Morgan fingerprint density at radius 2 is 2.37 bits per heavy atom. The van der Waals surface area contributed by atoms with Gasteiger partial charge in [-0.15, -0.1) is 6.58 Å². The summed E-state index contributed by atoms with van der Waals surface area (Å²) in [4.78, 5) is 0. The smallest absolute Gasteiger partial charge is 0.122 e. The molecule has 104 valence electrons. The molecule has 0 saturated carbocycles. The van der Waals surface area contributed by atoms with Crippen LogP contribution in [0.15, 0.2) is 30.9 Å². The molecule has 19 heavy (non-hydrogen) atoms. The molecule has 1 aliphatic heterocycles. The van der Waals surface area contributed by atoms with E-state index in [4.69, 9.17) is 4.74 Å². The second-order valence-electron chi connectivity index (χ2n) is 5.25. The largest absolute Gasteiger partial charge is 0.493 e. The molecule has 0 radical (unpaired) electrons. The Kier molecular flexibility index (Phi) is 5.46. The Morgan fingerprint density at radius 1 is 1.47 bits per heavy atom. The first-order chi connectivity index (χ1) is 9.33. The Bertz CT molecular complexity index is 414. The van der Waals surface area contributed by atoms with Crippen molar-refractivity contribution in [3.63, 3.8) is 0 Å². The third kappa shape index (κ3) is 4.10. The SMILES string of the molecule is C=CCC(CCc1ccc2c(c1)CCO2)NCCC. The van der Waals surface area contributed by atoms with Crippen LogP contribution in [0.25, 0.3) is 0 Å². The third-order valence-electron chi connectivity index (χ3n) is 3.67. The summed E-state index contributed by atoms with van der Waals surface area (Å²) in [6.07, 6.45) is 7.61. The lowest BCUT2D eigenvalue weighted by atomic mass is 10.0. The van der Waals surface area contributed by atoms with Crippen molar-refractivity contribution in [2.45, 2.75) is 45.1 Å². The van der Waals surface area contributed by atoms with Crippen LogP contribution >= 0.6 is 0 Å². The van der Waals surface area contributed by atoms with Crippen LogP contribution in [0.3, 0.4) is 0 Å². The minimum atomic E-state index is 0.557. The first-order valence-electron chi connectivity index (χ1n) is 7.42. The maximum Gasteiger partial charge on any atom is 0.122 e. The van der Waals surface area contributed by atoms with Gasteiger partial charge < -0.3 is 10.1 Å². The molecular formula is C17H25NO. The van der Waals surface area contributed by atoms with Gasteiger partial charge in [-0.25, -0.2) is 0 Å². The molecule has 0 aromatic heterocycles. The molecule has 2 heteroatoms. The van der Waals surface area contributed by atoms with Gasteiger partial charge in [-0.05, 0) is 49.4 Å². The molecule has 0 fully saturated rings. The average molecular weight is 259 g/mol. The highest BCUT2D eigenvalue weighted by Gasteiger charge is 2.12. The van der Waals surface area contributed by atoms with E-state index in [9.17, 15) is 0 Å². The number of aryl methyl sites for hydroxylation is 1. The van der Waals surface area contributed by atoms with Crippen molar-refractivity contribution in [1.29, 1.82) is 0 Å². The fraction of sp³-hybridized carbons (Fsp3) is 0.529. The monoisotopic (exact) mass is 259 g/mol. The first kappa shape index (κ1) is 14.1. The standard InChI is InChI=1S/C17H25NO/c1-3-5-16(18-11-4-2)8-6-14-7-9-17-15(13-14)10-12-19-17/h3,7,9,13,16,18H,1,4-6,8,10-12H2,2H3. The van der Waals surface area contributed by atoms with Crippen LogP contribution in [-0.4, -0.2) is 19.2 Å². The lowest BCUT2D eigenvalue weighted by Crippen LogP contribution is -2.29. The Morgan fingerprint density at radius 3 is 3.16 bits per heavy atom. The van der Waals surface area contributed by atoms with Gasteiger partial charge >= 0.3 is 0 Å². The molecule has 1 aliphatic rings. The van der Waals surface area contributed by atoms with Crippen molar-refractivity contribution in [3.8, 4) is 5.75 Å². The van der Waals surface area contributed by atoms with Crippen molar-refractivity contribution in [2.24, 2.45) is 0 Å². The van der Waals surface area contributed by atoms with Gasteiger partial charge in [0.2, 0.25) is 0 Å². The van der Waals surface area contributed by atoms with E-state index >= 15 is 0 Å². The minimum absolute atomic E-state index is 0.557. The van der Waals surface area contributed by atoms with Gasteiger partial charge in [0.05, 0.1) is 6.61 Å². The van der Waals surface area contributed by atoms with Crippen molar-refractivity contribution < 1.29 is 4.74 Å². The summed E-state index contributed by atoms with van der Waals surface area (Å²) < 4.78 is 5.55. The number of fused-ring (bicyclic) bond motifs is 1. The van der Waals surface area contributed by atoms with Crippen LogP contribution in [0.4, 0.5) is 0 Å². The quantitative estimate of drug-likeness (QED) is 0.721. The molecule has 1 unspecified atom stereocenters. The highest BCUT2D eigenvalue weighted by atomic mass is 16.5. The van der Waals surface area contributed by atoms with Crippen LogP contribution in [0.2, 0.25) is 0 Å². The molecule has 0 aliphatic carbocycles. The van der Waals surface area contributed by atoms with E-state index < -0.39 is 0 Å². The van der Waals surface area contributed by atoms with Gasteiger partial charge in [0.15, 0.2) is 0 Å². The predicted molar refractivity (Wildman–Crippen MR) is 80.9 cm³/mol. The van der Waals surface area contributed by atoms with E-state index in [1.165, 1.54) is 24.0 Å². The number of ether oxygens (including phenoxy) is 1. The molecule has 1 aromatic carbocycles. The average Bonchev–Trinajstić information content (AvgIpc) is 2.89. The van der Waals surface area contributed by atoms with E-state index in [-0.39, 0.29) is 0 Å². The predicted octanol–water partition coefficient (Wildman–Crippen LogP) is 3.50. The molecule has 0 saturated heterocycles. The van der Waals surface area contributed by atoms with E-state index in [1.54, 1.807) is 0 Å². The van der Waals surface area contributed by atoms with E-state index in [2.05, 4.69) is 37.0 Å². The normalized spacial score (nSPS) is 14.8. The van der Waals surface area contributed by atoms with E-state index in [0.29, 0.717) is 6.04 Å². The highest BCUT2D eigenvalue weighted by molar-refractivity contribution is 5.39.